The van der Waals surface area contributed by atoms with E-state index in [2.05, 4.69) is 0 Å². The first kappa shape index (κ1) is 10.2. The van der Waals surface area contributed by atoms with Crippen LogP contribution in [0.1, 0.15) is 5.56 Å². The molecular formula is C11H7NOS2. The van der Waals surface area contributed by atoms with Gasteiger partial charge in [0.05, 0.1) is 4.21 Å². The zero-order chi connectivity index (χ0) is 10.8. The maximum Gasteiger partial charge on any atom is 0.206 e. The molecule has 1 aromatic carbocycles. The van der Waals surface area contributed by atoms with Gasteiger partial charge < -0.3 is 0 Å². The van der Waals surface area contributed by atoms with Gasteiger partial charge in [0, 0.05) is 10.1 Å². The second-order valence-electron chi connectivity index (χ2n) is 2.91. The highest BCUT2D eigenvalue weighted by Crippen LogP contribution is 2.28. The number of nitriles is 1. The van der Waals surface area contributed by atoms with Crippen LogP contribution >= 0.6 is 23.1 Å². The summed E-state index contributed by atoms with van der Waals surface area (Å²) in [7, 11) is 0. The topological polar surface area (TPSA) is 40.9 Å². The zero-order valence-corrected chi connectivity index (χ0v) is 9.61. The van der Waals surface area contributed by atoms with Gasteiger partial charge in [-0.05, 0) is 18.4 Å². The number of hydrogen-bond donors (Lipinski definition) is 0. The van der Waals surface area contributed by atoms with Gasteiger partial charge in [-0.15, -0.1) is 23.1 Å². The van der Waals surface area contributed by atoms with E-state index in [0.717, 1.165) is 8.91 Å². The third-order valence-corrected chi connectivity index (χ3v) is 4.35. The lowest BCUT2D eigenvalue weighted by atomic mass is 10.2. The SMILES string of the molecule is CSc1sc2ccccc2c(=O)c1C#N. The summed E-state index contributed by atoms with van der Waals surface area (Å²) >= 11 is 2.94. The summed E-state index contributed by atoms with van der Waals surface area (Å²) in [4.78, 5) is 11.9. The van der Waals surface area contributed by atoms with Crippen molar-refractivity contribution in [3.05, 3.63) is 40.1 Å². The Balaban J connectivity index is 2.96. The van der Waals surface area contributed by atoms with Gasteiger partial charge in [-0.25, -0.2) is 0 Å². The van der Waals surface area contributed by atoms with E-state index < -0.39 is 0 Å². The Hall–Kier alpha value is -1.31. The van der Waals surface area contributed by atoms with Crippen molar-refractivity contribution in [2.24, 2.45) is 0 Å². The molecule has 0 bridgehead atoms. The van der Waals surface area contributed by atoms with Crippen molar-refractivity contribution in [3.63, 3.8) is 0 Å². The van der Waals surface area contributed by atoms with Crippen LogP contribution in [0.5, 0.6) is 0 Å². The molecule has 0 spiro atoms. The van der Waals surface area contributed by atoms with E-state index >= 15 is 0 Å². The van der Waals surface area contributed by atoms with Crippen molar-refractivity contribution >= 4 is 33.2 Å². The van der Waals surface area contributed by atoms with Crippen LogP contribution in [0.4, 0.5) is 0 Å². The Kier molecular flexibility index (Phi) is 2.76. The molecule has 0 fully saturated rings. The Labute approximate surface area is 95.2 Å². The Bertz CT molecular complexity index is 610. The molecule has 0 saturated carbocycles. The average molecular weight is 233 g/mol. The van der Waals surface area contributed by atoms with E-state index in [1.54, 1.807) is 6.07 Å². The highest BCUT2D eigenvalue weighted by atomic mass is 32.2. The van der Waals surface area contributed by atoms with E-state index in [1.165, 1.54) is 23.1 Å². The van der Waals surface area contributed by atoms with Crippen LogP contribution in [-0.4, -0.2) is 6.26 Å². The second kappa shape index (κ2) is 4.05. The van der Waals surface area contributed by atoms with E-state index in [-0.39, 0.29) is 11.0 Å². The first-order valence-electron chi connectivity index (χ1n) is 4.28. The van der Waals surface area contributed by atoms with E-state index in [1.807, 2.05) is 30.5 Å². The van der Waals surface area contributed by atoms with Gasteiger partial charge in [0.1, 0.15) is 11.6 Å². The molecule has 1 aromatic heterocycles. The Morgan fingerprint density at radius 1 is 1.40 bits per heavy atom. The third kappa shape index (κ3) is 1.65. The van der Waals surface area contributed by atoms with Gasteiger partial charge in [0.25, 0.3) is 0 Å². The third-order valence-electron chi connectivity index (χ3n) is 2.06. The summed E-state index contributed by atoms with van der Waals surface area (Å²) in [5.74, 6) is 0. The highest BCUT2D eigenvalue weighted by Gasteiger charge is 2.10. The maximum absolute atomic E-state index is 11.9. The van der Waals surface area contributed by atoms with Crippen molar-refractivity contribution < 1.29 is 0 Å². The molecule has 2 rings (SSSR count). The van der Waals surface area contributed by atoms with Crippen LogP contribution in [0, 0.1) is 11.3 Å². The van der Waals surface area contributed by atoms with Crippen molar-refractivity contribution in [2.75, 3.05) is 6.26 Å². The van der Waals surface area contributed by atoms with Crippen LogP contribution in [0.3, 0.4) is 0 Å². The lowest BCUT2D eigenvalue weighted by molar-refractivity contribution is 1.43. The molecule has 2 nitrogen and oxygen atoms in total. The molecule has 0 aliphatic rings. The molecule has 0 amide bonds. The molecule has 4 heteroatoms. The number of hydrogen-bond acceptors (Lipinski definition) is 4. The average Bonchev–Trinajstić information content (AvgIpc) is 2.29. The smallest absolute Gasteiger partial charge is 0.206 e. The van der Waals surface area contributed by atoms with Crippen molar-refractivity contribution in [1.29, 1.82) is 5.26 Å². The second-order valence-corrected chi connectivity index (χ2v) is 5.03. The fourth-order valence-electron chi connectivity index (χ4n) is 1.36. The molecule has 0 aliphatic carbocycles. The van der Waals surface area contributed by atoms with E-state index in [4.69, 9.17) is 5.26 Å². The summed E-state index contributed by atoms with van der Waals surface area (Å²) < 4.78 is 1.73. The van der Waals surface area contributed by atoms with E-state index in [9.17, 15) is 4.79 Å². The van der Waals surface area contributed by atoms with E-state index in [0.29, 0.717) is 5.39 Å². The number of nitrogens with zero attached hydrogens (tertiary/aromatic N) is 1. The van der Waals surface area contributed by atoms with Crippen molar-refractivity contribution in [2.45, 2.75) is 4.21 Å². The molecule has 0 saturated heterocycles. The number of rotatable bonds is 1. The first-order chi connectivity index (χ1) is 7.27. The minimum atomic E-state index is -0.156. The molecule has 0 aliphatic heterocycles. The lowest BCUT2D eigenvalue weighted by Gasteiger charge is -2.01. The fourth-order valence-corrected chi connectivity index (χ4v) is 3.16. The molecule has 1 heterocycles. The molecule has 0 atom stereocenters. The van der Waals surface area contributed by atoms with Crippen LogP contribution in [-0.2, 0) is 0 Å². The standard InChI is InChI=1S/C11H7NOS2/c1-14-11-8(6-12)10(13)7-4-2-3-5-9(7)15-11/h2-5H,1H3. The molecule has 0 unspecified atom stereocenters. The molecule has 15 heavy (non-hydrogen) atoms. The molecule has 0 radical (unpaired) electrons. The van der Waals surface area contributed by atoms with Crippen LogP contribution in [0.2, 0.25) is 0 Å². The van der Waals surface area contributed by atoms with Crippen LogP contribution in [0.15, 0.2) is 33.3 Å². The summed E-state index contributed by atoms with van der Waals surface area (Å²) in [5.41, 5.74) is 0.113. The fraction of sp³-hybridized carbons (Fsp3) is 0.0909. The summed E-state index contributed by atoms with van der Waals surface area (Å²) in [5, 5.41) is 9.57. The van der Waals surface area contributed by atoms with Crippen LogP contribution < -0.4 is 5.43 Å². The monoisotopic (exact) mass is 233 g/mol. The van der Waals surface area contributed by atoms with Gasteiger partial charge in [-0.3, -0.25) is 4.79 Å². The van der Waals surface area contributed by atoms with Gasteiger partial charge in [-0.2, -0.15) is 5.26 Å². The number of thioether (sulfide) groups is 1. The van der Waals surface area contributed by atoms with Gasteiger partial charge in [0.2, 0.25) is 5.43 Å². The summed E-state index contributed by atoms with van der Waals surface area (Å²) in [6, 6.07) is 9.37. The molecular weight excluding hydrogens is 226 g/mol. The largest absolute Gasteiger partial charge is 0.288 e. The Morgan fingerprint density at radius 2 is 2.13 bits per heavy atom. The van der Waals surface area contributed by atoms with Crippen molar-refractivity contribution in [3.8, 4) is 6.07 Å². The minimum Gasteiger partial charge on any atom is -0.288 e. The zero-order valence-electron chi connectivity index (χ0n) is 7.98. The molecule has 2 aromatic rings. The number of fused-ring (bicyclic) bond motifs is 1. The minimum absolute atomic E-state index is 0.156. The molecule has 74 valence electrons. The van der Waals surface area contributed by atoms with Crippen LogP contribution in [0.25, 0.3) is 10.1 Å². The first-order valence-corrected chi connectivity index (χ1v) is 6.32. The molecule has 0 N–H and O–H groups in total. The maximum atomic E-state index is 11.9. The number of benzene rings is 1. The summed E-state index contributed by atoms with van der Waals surface area (Å²) in [6.45, 7) is 0. The van der Waals surface area contributed by atoms with Crippen molar-refractivity contribution in [1.82, 2.24) is 0 Å². The van der Waals surface area contributed by atoms with Gasteiger partial charge in [-0.1, -0.05) is 12.1 Å². The van der Waals surface area contributed by atoms with Gasteiger partial charge in [0.15, 0.2) is 0 Å². The summed E-state index contributed by atoms with van der Waals surface area (Å²) in [6.07, 6.45) is 1.88. The predicted molar refractivity (Wildman–Crippen MR) is 64.6 cm³/mol. The normalized spacial score (nSPS) is 10.1. The predicted octanol–water partition coefficient (Wildman–Crippen LogP) is 2.86. The highest BCUT2D eigenvalue weighted by molar-refractivity contribution is 8.00. The van der Waals surface area contributed by atoms with Gasteiger partial charge >= 0.3 is 0 Å². The Morgan fingerprint density at radius 3 is 2.80 bits per heavy atom. The quantitative estimate of drug-likeness (QED) is 0.711. The lowest BCUT2D eigenvalue weighted by Crippen LogP contribution is -2.06.